The third-order valence-electron chi connectivity index (χ3n) is 5.03. The number of nitrogens with zero attached hydrogens (tertiary/aromatic N) is 2. The molecular weight excluding hydrogens is 556 g/mol. The monoisotopic (exact) mass is 580 g/mol. The Labute approximate surface area is 233 Å². The molecule has 1 heterocycles. The lowest BCUT2D eigenvalue weighted by Gasteiger charge is -2.19. The third kappa shape index (κ3) is 8.40. The highest BCUT2D eigenvalue weighted by molar-refractivity contribution is 6.32. The number of benzene rings is 2. The fourth-order valence-electron chi connectivity index (χ4n) is 3.43. The van der Waals surface area contributed by atoms with Crippen molar-refractivity contribution in [1.29, 1.82) is 0 Å². The van der Waals surface area contributed by atoms with Gasteiger partial charge in [-0.1, -0.05) is 47.2 Å². The maximum Gasteiger partial charge on any atom is 0.408 e. The van der Waals surface area contributed by atoms with E-state index in [-0.39, 0.29) is 17.3 Å². The predicted octanol–water partition coefficient (Wildman–Crippen LogP) is 6.32. The van der Waals surface area contributed by atoms with Crippen LogP contribution >= 0.6 is 23.2 Å². The summed E-state index contributed by atoms with van der Waals surface area (Å²) in [4.78, 5) is 24.3. The number of nitrogens with one attached hydrogen (secondary N) is 2. The van der Waals surface area contributed by atoms with Gasteiger partial charge in [-0.2, -0.15) is 18.3 Å². The summed E-state index contributed by atoms with van der Waals surface area (Å²) in [7, 11) is 0. The molecule has 0 saturated heterocycles. The molecule has 0 radical (unpaired) electrons. The van der Waals surface area contributed by atoms with Crippen molar-refractivity contribution in [2.45, 2.75) is 39.5 Å². The van der Waals surface area contributed by atoms with E-state index in [0.717, 1.165) is 0 Å². The Morgan fingerprint density at radius 1 is 1.05 bits per heavy atom. The fourth-order valence-corrected chi connectivity index (χ4v) is 3.82. The minimum absolute atomic E-state index is 0.0454. The summed E-state index contributed by atoms with van der Waals surface area (Å²) in [5.41, 5.74) is 1.52. The second-order valence-electron chi connectivity index (χ2n) is 9.36. The second kappa shape index (κ2) is 12.0. The number of hydrogen-bond acceptors (Lipinski definition) is 4. The van der Waals surface area contributed by atoms with Gasteiger partial charge < -0.3 is 15.4 Å². The first-order valence-electron chi connectivity index (χ1n) is 11.6. The van der Waals surface area contributed by atoms with Crippen LogP contribution in [-0.2, 0) is 4.74 Å². The van der Waals surface area contributed by atoms with E-state index in [4.69, 9.17) is 27.9 Å². The van der Waals surface area contributed by atoms with Gasteiger partial charge in [0, 0.05) is 21.7 Å². The van der Waals surface area contributed by atoms with E-state index in [1.165, 1.54) is 4.68 Å². The average Bonchev–Trinajstić information content (AvgIpc) is 3.16. The number of rotatable bonds is 5. The van der Waals surface area contributed by atoms with Crippen molar-refractivity contribution in [1.82, 2.24) is 20.4 Å². The van der Waals surface area contributed by atoms with Crippen LogP contribution in [0.1, 0.15) is 42.4 Å². The summed E-state index contributed by atoms with van der Waals surface area (Å²) in [5, 5.41) is 9.40. The van der Waals surface area contributed by atoms with E-state index in [1.807, 2.05) is 5.32 Å². The Bertz CT molecular complexity index is 1430. The first kappa shape index (κ1) is 29.9. The molecule has 0 aliphatic rings. The van der Waals surface area contributed by atoms with Gasteiger partial charge in [-0.05, 0) is 58.0 Å². The Hall–Kier alpha value is -3.68. The van der Waals surface area contributed by atoms with Crippen molar-refractivity contribution in [2.24, 2.45) is 0 Å². The molecule has 0 saturated carbocycles. The summed E-state index contributed by atoms with van der Waals surface area (Å²) in [6, 6.07) is 11.5. The van der Waals surface area contributed by atoms with Gasteiger partial charge in [0.15, 0.2) is 5.69 Å². The van der Waals surface area contributed by atoms with Crippen molar-refractivity contribution in [3.05, 3.63) is 69.3 Å². The topological polar surface area (TPSA) is 85.3 Å². The molecule has 0 aliphatic heterocycles. The van der Waals surface area contributed by atoms with Crippen LogP contribution in [0.4, 0.5) is 18.0 Å². The minimum atomic E-state index is -4.58. The summed E-state index contributed by atoms with van der Waals surface area (Å²) < 4.78 is 44.6. The van der Waals surface area contributed by atoms with E-state index in [0.29, 0.717) is 33.1 Å². The lowest BCUT2D eigenvalue weighted by atomic mass is 10.1. The van der Waals surface area contributed by atoms with Gasteiger partial charge in [-0.25, -0.2) is 9.48 Å². The van der Waals surface area contributed by atoms with Crippen molar-refractivity contribution in [3.8, 4) is 28.8 Å². The number of carbonyl (C=O) groups excluding carboxylic acids is 2. The van der Waals surface area contributed by atoms with Gasteiger partial charge in [-0.15, -0.1) is 0 Å². The van der Waals surface area contributed by atoms with E-state index in [2.05, 4.69) is 22.3 Å². The smallest absolute Gasteiger partial charge is 0.408 e. The van der Waals surface area contributed by atoms with Crippen LogP contribution in [0.5, 0.6) is 0 Å². The Kier molecular flexibility index (Phi) is 9.20. The number of alkyl carbamates (subject to hydrolysis) is 1. The van der Waals surface area contributed by atoms with Crippen LogP contribution in [0.2, 0.25) is 10.0 Å². The number of carbonyl (C=O) groups is 2. The van der Waals surface area contributed by atoms with Crippen molar-refractivity contribution in [3.63, 3.8) is 0 Å². The van der Waals surface area contributed by atoms with Gasteiger partial charge in [0.1, 0.15) is 12.1 Å². The number of alkyl halides is 3. The van der Waals surface area contributed by atoms with Gasteiger partial charge in [0.2, 0.25) is 0 Å². The zero-order chi connectivity index (χ0) is 29.0. The predicted molar refractivity (Wildman–Crippen MR) is 143 cm³/mol. The first-order chi connectivity index (χ1) is 18.1. The Morgan fingerprint density at radius 2 is 1.72 bits per heavy atom. The summed E-state index contributed by atoms with van der Waals surface area (Å²) in [6.07, 6.45) is -5.17. The summed E-state index contributed by atoms with van der Waals surface area (Å²) in [6.45, 7) is 5.38. The third-order valence-corrected chi connectivity index (χ3v) is 5.59. The molecule has 2 aromatic carbocycles. The van der Waals surface area contributed by atoms with Gasteiger partial charge in [0.25, 0.3) is 5.91 Å². The maximum absolute atomic E-state index is 12.7. The number of hydrogen-bond donors (Lipinski definition) is 2. The molecule has 2 N–H and O–H groups in total. The van der Waals surface area contributed by atoms with Crippen LogP contribution in [-0.4, -0.2) is 46.6 Å². The van der Waals surface area contributed by atoms with Gasteiger partial charge in [0.05, 0.1) is 22.9 Å². The molecule has 0 atom stereocenters. The van der Waals surface area contributed by atoms with E-state index in [9.17, 15) is 22.8 Å². The van der Waals surface area contributed by atoms with Crippen molar-refractivity contribution >= 4 is 35.2 Å². The minimum Gasteiger partial charge on any atom is -0.444 e. The molecule has 12 heteroatoms. The van der Waals surface area contributed by atoms with Crippen molar-refractivity contribution < 1.29 is 27.5 Å². The molecule has 7 nitrogen and oxygen atoms in total. The fraction of sp³-hybridized carbons (Fsp3) is 0.296. The number of halogens is 5. The molecule has 0 aliphatic carbocycles. The van der Waals surface area contributed by atoms with Gasteiger partial charge in [-0.3, -0.25) is 4.79 Å². The number of ether oxygens (including phenoxy) is 1. The zero-order valence-corrected chi connectivity index (χ0v) is 23.0. The molecule has 1 aromatic heterocycles. The number of aromatic nitrogens is 2. The standard InChI is InChI=1S/C27H25Cl2F3N4O3/c1-16-22(24(37)34-15-27(30,31)32)35-36(23(16)18-8-10-19(28)11-9-18)21-12-7-17(14-20(21)29)6-5-13-33-25(38)39-26(2,3)4/h7-12,14H,13,15H2,1-4H3,(H,33,38)(H,34,37). The molecule has 0 spiro atoms. The largest absolute Gasteiger partial charge is 0.444 e. The normalized spacial score (nSPS) is 11.4. The Morgan fingerprint density at radius 3 is 2.31 bits per heavy atom. The average molecular weight is 581 g/mol. The lowest BCUT2D eigenvalue weighted by molar-refractivity contribution is -0.123. The van der Waals surface area contributed by atoms with Crippen LogP contribution < -0.4 is 10.6 Å². The quantitative estimate of drug-likeness (QED) is 0.346. The van der Waals surface area contributed by atoms with Crippen LogP contribution in [0.15, 0.2) is 42.5 Å². The van der Waals surface area contributed by atoms with Crippen LogP contribution in [0.3, 0.4) is 0 Å². The Balaban J connectivity index is 1.93. The molecule has 0 unspecified atom stereocenters. The van der Waals surface area contributed by atoms with E-state index < -0.39 is 30.3 Å². The molecule has 0 fully saturated rings. The lowest BCUT2D eigenvalue weighted by Crippen LogP contribution is -2.34. The highest BCUT2D eigenvalue weighted by Crippen LogP contribution is 2.32. The van der Waals surface area contributed by atoms with Crippen LogP contribution in [0, 0.1) is 18.8 Å². The maximum atomic E-state index is 12.7. The second-order valence-corrected chi connectivity index (χ2v) is 10.2. The van der Waals surface area contributed by atoms with Crippen LogP contribution in [0.25, 0.3) is 16.9 Å². The molecule has 0 bridgehead atoms. The van der Waals surface area contributed by atoms with Crippen molar-refractivity contribution in [2.75, 3.05) is 13.1 Å². The number of amides is 2. The molecule has 206 valence electrons. The highest BCUT2D eigenvalue weighted by Gasteiger charge is 2.30. The molecular formula is C27H25Cl2F3N4O3. The molecule has 3 rings (SSSR count). The van der Waals surface area contributed by atoms with E-state index in [1.54, 1.807) is 70.2 Å². The summed E-state index contributed by atoms with van der Waals surface area (Å²) in [5.74, 6) is 4.71. The highest BCUT2D eigenvalue weighted by atomic mass is 35.5. The molecule has 3 aromatic rings. The molecule has 39 heavy (non-hydrogen) atoms. The molecule has 2 amide bonds. The summed E-state index contributed by atoms with van der Waals surface area (Å²) >= 11 is 12.6. The first-order valence-corrected chi connectivity index (χ1v) is 12.4. The zero-order valence-electron chi connectivity index (χ0n) is 21.5. The SMILES string of the molecule is Cc1c(C(=O)NCC(F)(F)F)nn(-c2ccc(C#CCNC(=O)OC(C)(C)C)cc2Cl)c1-c1ccc(Cl)cc1. The van der Waals surface area contributed by atoms with E-state index >= 15 is 0 Å². The van der Waals surface area contributed by atoms with Gasteiger partial charge >= 0.3 is 12.3 Å².